The van der Waals surface area contributed by atoms with Gasteiger partial charge in [0.1, 0.15) is 0 Å². The highest BCUT2D eigenvalue weighted by atomic mass is 16.4. The van der Waals surface area contributed by atoms with Crippen molar-refractivity contribution in [3.05, 3.63) is 0 Å². The number of carboxylic acids is 1. The zero-order chi connectivity index (χ0) is 13.3. The van der Waals surface area contributed by atoms with Crippen molar-refractivity contribution in [2.75, 3.05) is 19.6 Å². The Kier molecular flexibility index (Phi) is 7.49. The molecule has 0 aromatic carbocycles. The summed E-state index contributed by atoms with van der Waals surface area (Å²) < 4.78 is 0. The third kappa shape index (κ3) is 8.06. The van der Waals surface area contributed by atoms with Crippen molar-refractivity contribution in [1.29, 1.82) is 0 Å². The molecule has 0 aromatic heterocycles. The molecule has 0 saturated carbocycles. The van der Waals surface area contributed by atoms with Crippen molar-refractivity contribution in [1.82, 2.24) is 10.2 Å². The van der Waals surface area contributed by atoms with E-state index in [0.717, 1.165) is 0 Å². The maximum absolute atomic E-state index is 11.5. The van der Waals surface area contributed by atoms with Crippen LogP contribution in [0.4, 0.5) is 4.79 Å². The molecule has 0 aliphatic carbocycles. The first kappa shape index (κ1) is 15.2. The maximum atomic E-state index is 11.5. The van der Waals surface area contributed by atoms with Gasteiger partial charge in [-0.15, -0.1) is 0 Å². The summed E-state index contributed by atoms with van der Waals surface area (Å²) in [5, 5.41) is 11.1. The summed E-state index contributed by atoms with van der Waals surface area (Å²) in [4.78, 5) is 33.8. The lowest BCUT2D eigenvalue weighted by molar-refractivity contribution is -0.137. The lowest BCUT2D eigenvalue weighted by Crippen LogP contribution is -2.41. The topological polar surface area (TPSA) is 113 Å². The summed E-state index contributed by atoms with van der Waals surface area (Å²) in [7, 11) is 0. The van der Waals surface area contributed by atoms with E-state index in [-0.39, 0.29) is 25.4 Å². The van der Waals surface area contributed by atoms with Gasteiger partial charge in [0.15, 0.2) is 0 Å². The predicted octanol–water partition coefficient (Wildman–Crippen LogP) is -0.242. The second-order valence-corrected chi connectivity index (χ2v) is 3.53. The van der Waals surface area contributed by atoms with Crippen LogP contribution in [0.2, 0.25) is 0 Å². The van der Waals surface area contributed by atoms with Gasteiger partial charge >= 0.3 is 12.0 Å². The number of urea groups is 1. The molecule has 4 N–H and O–H groups in total. The third-order valence-corrected chi connectivity index (χ3v) is 2.14. The molecule has 0 aliphatic rings. The van der Waals surface area contributed by atoms with E-state index >= 15 is 0 Å². The van der Waals surface area contributed by atoms with Crippen LogP contribution >= 0.6 is 0 Å². The molecule has 0 saturated heterocycles. The molecular weight excluding hydrogens is 226 g/mol. The van der Waals surface area contributed by atoms with Gasteiger partial charge in [-0.25, -0.2) is 4.79 Å². The molecule has 0 rings (SSSR count). The van der Waals surface area contributed by atoms with E-state index in [4.69, 9.17) is 10.8 Å². The normalized spacial score (nSPS) is 9.71. The summed E-state index contributed by atoms with van der Waals surface area (Å²) in [6.45, 7) is 2.73. The number of carbonyl (C=O) groups is 3. The molecule has 0 atom stereocenters. The van der Waals surface area contributed by atoms with Crippen LogP contribution in [0.3, 0.4) is 0 Å². The highest BCUT2D eigenvalue weighted by molar-refractivity contribution is 5.75. The van der Waals surface area contributed by atoms with E-state index in [0.29, 0.717) is 19.5 Å². The standard InChI is InChI=1S/C10H19N3O4/c1-2-13(7-5-9(15)16)10(17)12-6-3-4-8(11)14/h2-7H2,1H3,(H2,11,14)(H,12,17)(H,15,16). The van der Waals surface area contributed by atoms with Gasteiger partial charge in [0.05, 0.1) is 6.42 Å². The third-order valence-electron chi connectivity index (χ3n) is 2.14. The van der Waals surface area contributed by atoms with Crippen molar-refractivity contribution < 1.29 is 19.5 Å². The van der Waals surface area contributed by atoms with Crippen LogP contribution in [0.5, 0.6) is 0 Å². The van der Waals surface area contributed by atoms with E-state index in [2.05, 4.69) is 5.32 Å². The van der Waals surface area contributed by atoms with E-state index < -0.39 is 11.9 Å². The number of nitrogens with zero attached hydrogens (tertiary/aromatic N) is 1. The van der Waals surface area contributed by atoms with Crippen molar-refractivity contribution in [2.24, 2.45) is 5.73 Å². The first-order chi connectivity index (χ1) is 7.97. The largest absolute Gasteiger partial charge is 0.481 e. The lowest BCUT2D eigenvalue weighted by atomic mass is 10.3. The van der Waals surface area contributed by atoms with Crippen LogP contribution in [0, 0.1) is 0 Å². The molecule has 98 valence electrons. The second kappa shape index (κ2) is 8.37. The van der Waals surface area contributed by atoms with Gasteiger partial charge in [-0.05, 0) is 13.3 Å². The fraction of sp³-hybridized carbons (Fsp3) is 0.700. The molecule has 0 unspecified atom stereocenters. The summed E-state index contributed by atoms with van der Waals surface area (Å²) in [5.41, 5.74) is 4.95. The molecule has 3 amide bonds. The number of hydrogen-bond acceptors (Lipinski definition) is 3. The Balaban J connectivity index is 3.83. The Labute approximate surface area is 100.0 Å². The average Bonchev–Trinajstić information content (AvgIpc) is 2.24. The quantitative estimate of drug-likeness (QED) is 0.512. The number of rotatable bonds is 8. The molecule has 0 fully saturated rings. The number of nitrogens with two attached hydrogens (primary N) is 1. The molecule has 7 nitrogen and oxygen atoms in total. The molecule has 0 bridgehead atoms. The van der Waals surface area contributed by atoms with Crippen molar-refractivity contribution in [3.8, 4) is 0 Å². The Morgan fingerprint density at radius 2 is 1.94 bits per heavy atom. The number of carbonyl (C=O) groups excluding carboxylic acids is 2. The van der Waals surface area contributed by atoms with Crippen molar-refractivity contribution in [2.45, 2.75) is 26.2 Å². The number of nitrogens with one attached hydrogen (secondary N) is 1. The fourth-order valence-electron chi connectivity index (χ4n) is 1.20. The van der Waals surface area contributed by atoms with Crippen molar-refractivity contribution in [3.63, 3.8) is 0 Å². The SMILES string of the molecule is CCN(CCC(=O)O)C(=O)NCCCC(N)=O. The van der Waals surface area contributed by atoms with Gasteiger partial charge in [-0.2, -0.15) is 0 Å². The lowest BCUT2D eigenvalue weighted by Gasteiger charge is -2.20. The summed E-state index contributed by atoms with van der Waals surface area (Å²) in [6.07, 6.45) is 0.627. The molecule has 0 aliphatic heterocycles. The minimum atomic E-state index is -0.940. The Morgan fingerprint density at radius 3 is 2.41 bits per heavy atom. The fourth-order valence-corrected chi connectivity index (χ4v) is 1.20. The molecule has 0 aromatic rings. The Bertz CT molecular complexity index is 281. The van der Waals surface area contributed by atoms with E-state index in [1.807, 2.05) is 0 Å². The van der Waals surface area contributed by atoms with Gasteiger partial charge in [-0.3, -0.25) is 9.59 Å². The highest BCUT2D eigenvalue weighted by Gasteiger charge is 2.11. The van der Waals surface area contributed by atoms with Crippen LogP contribution < -0.4 is 11.1 Å². The van der Waals surface area contributed by atoms with Crippen LogP contribution in [0.15, 0.2) is 0 Å². The monoisotopic (exact) mass is 245 g/mol. The van der Waals surface area contributed by atoms with Gasteiger partial charge in [0.25, 0.3) is 0 Å². The molecule has 0 heterocycles. The van der Waals surface area contributed by atoms with E-state index in [1.165, 1.54) is 4.90 Å². The predicted molar refractivity (Wildman–Crippen MR) is 61.3 cm³/mol. The summed E-state index contributed by atoms with van der Waals surface area (Å²) in [5.74, 6) is -1.34. The minimum absolute atomic E-state index is 0.0808. The molecule has 7 heteroatoms. The molecule has 0 radical (unpaired) electrons. The number of carboxylic acid groups (broad SMARTS) is 1. The smallest absolute Gasteiger partial charge is 0.317 e. The first-order valence-electron chi connectivity index (χ1n) is 5.50. The summed E-state index contributed by atoms with van der Waals surface area (Å²) in [6, 6.07) is -0.321. The zero-order valence-electron chi connectivity index (χ0n) is 9.94. The first-order valence-corrected chi connectivity index (χ1v) is 5.50. The van der Waals surface area contributed by atoms with Gasteiger partial charge < -0.3 is 21.1 Å². The molecule has 0 spiro atoms. The van der Waals surface area contributed by atoms with Crippen LogP contribution in [0.25, 0.3) is 0 Å². The van der Waals surface area contributed by atoms with Crippen LogP contribution in [0.1, 0.15) is 26.2 Å². The molecular formula is C10H19N3O4. The molecule has 17 heavy (non-hydrogen) atoms. The number of hydrogen-bond donors (Lipinski definition) is 3. The number of aliphatic carboxylic acids is 1. The van der Waals surface area contributed by atoms with Gasteiger partial charge in [-0.1, -0.05) is 0 Å². The van der Waals surface area contributed by atoms with E-state index in [1.54, 1.807) is 6.92 Å². The van der Waals surface area contributed by atoms with Crippen molar-refractivity contribution >= 4 is 17.9 Å². The maximum Gasteiger partial charge on any atom is 0.317 e. The number of amides is 3. The Hall–Kier alpha value is -1.79. The summed E-state index contributed by atoms with van der Waals surface area (Å²) >= 11 is 0. The van der Waals surface area contributed by atoms with Crippen LogP contribution in [-0.2, 0) is 9.59 Å². The zero-order valence-corrected chi connectivity index (χ0v) is 9.94. The average molecular weight is 245 g/mol. The second-order valence-electron chi connectivity index (χ2n) is 3.53. The van der Waals surface area contributed by atoms with Gasteiger partial charge in [0, 0.05) is 26.1 Å². The van der Waals surface area contributed by atoms with Crippen LogP contribution in [-0.4, -0.2) is 47.5 Å². The Morgan fingerprint density at radius 1 is 1.29 bits per heavy atom. The van der Waals surface area contributed by atoms with Gasteiger partial charge in [0.2, 0.25) is 5.91 Å². The van der Waals surface area contributed by atoms with E-state index in [9.17, 15) is 14.4 Å². The number of primary amides is 1. The highest BCUT2D eigenvalue weighted by Crippen LogP contribution is 1.93. The minimum Gasteiger partial charge on any atom is -0.481 e.